The molecule has 2 heterocycles. The maximum Gasteiger partial charge on any atom is 0.305 e. The van der Waals surface area contributed by atoms with Crippen molar-refractivity contribution in [1.82, 2.24) is 20.1 Å². The van der Waals surface area contributed by atoms with Gasteiger partial charge in [-0.1, -0.05) is 25.6 Å². The van der Waals surface area contributed by atoms with Crippen LogP contribution < -0.4 is 5.32 Å². The van der Waals surface area contributed by atoms with Gasteiger partial charge < -0.3 is 14.5 Å². The fraction of sp³-hybridized carbons (Fsp3) is 0.556. The number of carbonyl (C=O) groups is 2. The molecule has 0 aromatic carbocycles. The molecule has 0 aliphatic rings. The molecule has 148 valence electrons. The Balaban J connectivity index is 1.86. The second kappa shape index (κ2) is 10.8. The molecule has 0 unspecified atom stereocenters. The minimum Gasteiger partial charge on any atom is -0.466 e. The average molecular weight is 394 g/mol. The molecule has 2 aromatic heterocycles. The largest absolute Gasteiger partial charge is 0.466 e. The number of hydrogen-bond acceptors (Lipinski definition) is 7. The molecule has 1 N–H and O–H groups in total. The molecule has 0 aliphatic heterocycles. The summed E-state index contributed by atoms with van der Waals surface area (Å²) in [5, 5.41) is 11.9. The Morgan fingerprint density at radius 3 is 2.85 bits per heavy atom. The van der Waals surface area contributed by atoms with E-state index in [1.165, 1.54) is 11.8 Å². The lowest BCUT2D eigenvalue weighted by atomic mass is 10.2. The van der Waals surface area contributed by atoms with Gasteiger partial charge in [-0.05, 0) is 31.4 Å². The zero-order chi connectivity index (χ0) is 19.6. The molecule has 0 atom stereocenters. The fourth-order valence-electron chi connectivity index (χ4n) is 2.39. The Morgan fingerprint density at radius 1 is 1.37 bits per heavy atom. The minimum absolute atomic E-state index is 0.109. The first kappa shape index (κ1) is 21.0. The number of thioether (sulfide) groups is 1. The summed E-state index contributed by atoms with van der Waals surface area (Å²) in [7, 11) is 0. The van der Waals surface area contributed by atoms with Crippen LogP contribution in [-0.2, 0) is 20.9 Å². The fourth-order valence-corrected chi connectivity index (χ4v) is 3.17. The van der Waals surface area contributed by atoms with Crippen molar-refractivity contribution in [2.75, 3.05) is 18.9 Å². The molecule has 9 heteroatoms. The third-order valence-corrected chi connectivity index (χ3v) is 4.49. The monoisotopic (exact) mass is 394 g/mol. The number of amides is 1. The average Bonchev–Trinajstić information content (AvgIpc) is 3.26. The van der Waals surface area contributed by atoms with Gasteiger partial charge in [0.05, 0.1) is 18.6 Å². The van der Waals surface area contributed by atoms with Crippen molar-refractivity contribution in [1.29, 1.82) is 0 Å². The molecule has 27 heavy (non-hydrogen) atoms. The number of hydrogen-bond donors (Lipinski definition) is 1. The van der Waals surface area contributed by atoms with Gasteiger partial charge in [0, 0.05) is 19.5 Å². The van der Waals surface area contributed by atoms with Gasteiger partial charge in [-0.2, -0.15) is 0 Å². The molecule has 2 aromatic rings. The quantitative estimate of drug-likeness (QED) is 0.355. The van der Waals surface area contributed by atoms with Crippen molar-refractivity contribution >= 4 is 23.6 Å². The van der Waals surface area contributed by atoms with Crippen molar-refractivity contribution in [3.05, 3.63) is 18.4 Å². The van der Waals surface area contributed by atoms with E-state index in [9.17, 15) is 9.59 Å². The van der Waals surface area contributed by atoms with Crippen molar-refractivity contribution in [2.45, 2.75) is 45.3 Å². The first-order valence-electron chi connectivity index (χ1n) is 9.03. The molecular weight excluding hydrogens is 368 g/mol. The Kier molecular flexibility index (Phi) is 8.38. The zero-order valence-electron chi connectivity index (χ0n) is 15.9. The first-order chi connectivity index (χ1) is 13.0. The second-order valence-electron chi connectivity index (χ2n) is 6.34. The summed E-state index contributed by atoms with van der Waals surface area (Å²) in [5.41, 5.74) is 0. The van der Waals surface area contributed by atoms with Crippen molar-refractivity contribution in [3.63, 3.8) is 0 Å². The maximum atomic E-state index is 12.0. The molecule has 0 bridgehead atoms. The first-order valence-corrected chi connectivity index (χ1v) is 10.0. The lowest BCUT2D eigenvalue weighted by Gasteiger charge is -2.11. The van der Waals surface area contributed by atoms with Crippen LogP contribution in [0.1, 0.15) is 33.6 Å². The number of nitrogens with one attached hydrogen (secondary N) is 1. The van der Waals surface area contributed by atoms with Crippen LogP contribution in [0.4, 0.5) is 0 Å². The predicted octanol–water partition coefficient (Wildman–Crippen LogP) is 2.75. The number of esters is 1. The Hall–Kier alpha value is -2.29. The van der Waals surface area contributed by atoms with Crippen LogP contribution in [0.5, 0.6) is 0 Å². The Morgan fingerprint density at radius 2 is 2.19 bits per heavy atom. The third-order valence-electron chi connectivity index (χ3n) is 3.52. The van der Waals surface area contributed by atoms with E-state index < -0.39 is 0 Å². The molecule has 0 spiro atoms. The SMILES string of the molecule is CCOC(=O)CCCNC(=O)CSc1nnc(-c2ccco2)n1CC(C)C. The van der Waals surface area contributed by atoms with Gasteiger partial charge in [-0.3, -0.25) is 14.2 Å². The van der Waals surface area contributed by atoms with Crippen molar-refractivity contribution in [2.24, 2.45) is 5.92 Å². The van der Waals surface area contributed by atoms with E-state index in [0.717, 1.165) is 6.54 Å². The lowest BCUT2D eigenvalue weighted by molar-refractivity contribution is -0.143. The highest BCUT2D eigenvalue weighted by Crippen LogP contribution is 2.25. The minimum atomic E-state index is -0.242. The van der Waals surface area contributed by atoms with E-state index in [1.807, 2.05) is 10.6 Å². The molecule has 0 aliphatic carbocycles. The van der Waals surface area contributed by atoms with Crippen LogP contribution in [0.25, 0.3) is 11.6 Å². The molecule has 8 nitrogen and oxygen atoms in total. The van der Waals surface area contributed by atoms with Crippen molar-refractivity contribution < 1.29 is 18.7 Å². The summed E-state index contributed by atoms with van der Waals surface area (Å²) >= 11 is 1.33. The summed E-state index contributed by atoms with van der Waals surface area (Å²) in [6, 6.07) is 3.64. The van der Waals surface area contributed by atoms with Gasteiger partial charge in [-0.25, -0.2) is 0 Å². The topological polar surface area (TPSA) is 99.2 Å². The summed E-state index contributed by atoms with van der Waals surface area (Å²) < 4.78 is 12.3. The molecule has 1 amide bonds. The van der Waals surface area contributed by atoms with E-state index in [-0.39, 0.29) is 17.6 Å². The summed E-state index contributed by atoms with van der Waals surface area (Å²) in [6.07, 6.45) is 2.46. The second-order valence-corrected chi connectivity index (χ2v) is 7.28. The number of furan rings is 1. The highest BCUT2D eigenvalue weighted by atomic mass is 32.2. The summed E-state index contributed by atoms with van der Waals surface area (Å²) in [4.78, 5) is 23.3. The lowest BCUT2D eigenvalue weighted by Crippen LogP contribution is -2.26. The van der Waals surface area contributed by atoms with E-state index in [4.69, 9.17) is 9.15 Å². The highest BCUT2D eigenvalue weighted by molar-refractivity contribution is 7.99. The number of rotatable bonds is 11. The number of aromatic nitrogens is 3. The molecule has 2 rings (SSSR count). The molecule has 0 fully saturated rings. The number of ether oxygens (including phenoxy) is 1. The van der Waals surface area contributed by atoms with Gasteiger partial charge in [0.2, 0.25) is 5.91 Å². The zero-order valence-corrected chi connectivity index (χ0v) is 16.8. The van der Waals surface area contributed by atoms with E-state index in [2.05, 4.69) is 29.4 Å². The van der Waals surface area contributed by atoms with Gasteiger partial charge in [0.15, 0.2) is 16.7 Å². The standard InChI is InChI=1S/C18H26N4O4S/c1-4-25-16(24)8-5-9-19-15(23)12-27-18-21-20-17(14-7-6-10-26-14)22(18)11-13(2)3/h6-7,10,13H,4-5,8-9,11-12H2,1-3H3,(H,19,23). The van der Waals surface area contributed by atoms with Crippen LogP contribution in [0.3, 0.4) is 0 Å². The van der Waals surface area contributed by atoms with Crippen LogP contribution >= 0.6 is 11.8 Å². The summed E-state index contributed by atoms with van der Waals surface area (Å²) in [6.45, 7) is 7.53. The van der Waals surface area contributed by atoms with Gasteiger partial charge >= 0.3 is 5.97 Å². The van der Waals surface area contributed by atoms with E-state index in [1.54, 1.807) is 19.3 Å². The van der Waals surface area contributed by atoms with Crippen molar-refractivity contribution in [3.8, 4) is 11.6 Å². The molecule has 0 saturated heterocycles. The Bertz CT molecular complexity index is 728. The predicted molar refractivity (Wildman–Crippen MR) is 102 cm³/mol. The third kappa shape index (κ3) is 6.74. The Labute approximate surface area is 163 Å². The van der Waals surface area contributed by atoms with E-state index in [0.29, 0.717) is 48.7 Å². The number of nitrogens with zero attached hydrogens (tertiary/aromatic N) is 3. The smallest absolute Gasteiger partial charge is 0.305 e. The van der Waals surface area contributed by atoms with Crippen LogP contribution in [-0.4, -0.2) is 45.5 Å². The molecule has 0 radical (unpaired) electrons. The van der Waals surface area contributed by atoms with Gasteiger partial charge in [0.1, 0.15) is 0 Å². The molecular formula is C18H26N4O4S. The molecule has 0 saturated carbocycles. The van der Waals surface area contributed by atoms with Crippen LogP contribution in [0.2, 0.25) is 0 Å². The summed E-state index contributed by atoms with van der Waals surface area (Å²) in [5.74, 6) is 1.58. The van der Waals surface area contributed by atoms with Crippen LogP contribution in [0, 0.1) is 5.92 Å². The van der Waals surface area contributed by atoms with E-state index >= 15 is 0 Å². The number of carbonyl (C=O) groups excluding carboxylic acids is 2. The normalized spacial score (nSPS) is 11.0. The maximum absolute atomic E-state index is 12.0. The van der Waals surface area contributed by atoms with Gasteiger partial charge in [0.25, 0.3) is 0 Å². The van der Waals surface area contributed by atoms with Gasteiger partial charge in [-0.15, -0.1) is 10.2 Å². The highest BCUT2D eigenvalue weighted by Gasteiger charge is 2.18. The van der Waals surface area contributed by atoms with Crippen LogP contribution in [0.15, 0.2) is 28.0 Å².